The standard InChI is InChI=1S/C20H23N5O3/c1-20(2,27)16-5-4-12(9-21-16)14-8-15-17(19(26)25(3)11-22-15)18(24-14)23-13-6-7-28-10-13/h4-5,8-9,11,13,27H,6-7,10H2,1-3H3,(H,23,24)/t13-/m0/s1. The van der Waals surface area contributed by atoms with E-state index >= 15 is 0 Å². The molecule has 0 spiro atoms. The zero-order chi connectivity index (χ0) is 19.9. The molecule has 1 atom stereocenters. The third-order valence-corrected chi connectivity index (χ3v) is 4.86. The van der Waals surface area contributed by atoms with Crippen molar-refractivity contribution < 1.29 is 9.84 Å². The molecule has 0 amide bonds. The van der Waals surface area contributed by atoms with E-state index in [0.717, 1.165) is 12.0 Å². The van der Waals surface area contributed by atoms with E-state index in [0.29, 0.717) is 41.3 Å². The number of nitrogens with zero attached hydrogens (tertiary/aromatic N) is 4. The number of ether oxygens (including phenoxy) is 1. The molecule has 0 bridgehead atoms. The normalized spacial score (nSPS) is 17.2. The van der Waals surface area contributed by atoms with E-state index in [9.17, 15) is 9.90 Å². The molecule has 0 unspecified atom stereocenters. The van der Waals surface area contributed by atoms with Crippen LogP contribution in [0.1, 0.15) is 26.0 Å². The van der Waals surface area contributed by atoms with E-state index in [1.165, 1.54) is 10.9 Å². The van der Waals surface area contributed by atoms with Gasteiger partial charge in [-0.05, 0) is 38.5 Å². The predicted octanol–water partition coefficient (Wildman–Crippen LogP) is 1.82. The van der Waals surface area contributed by atoms with Crippen molar-refractivity contribution in [3.63, 3.8) is 0 Å². The largest absolute Gasteiger partial charge is 0.384 e. The lowest BCUT2D eigenvalue weighted by molar-refractivity contribution is 0.0739. The number of fused-ring (bicyclic) bond motifs is 1. The van der Waals surface area contributed by atoms with Crippen LogP contribution in [0, 0.1) is 0 Å². The van der Waals surface area contributed by atoms with Crippen LogP contribution in [0.5, 0.6) is 0 Å². The van der Waals surface area contributed by atoms with Gasteiger partial charge in [0.05, 0.1) is 35.9 Å². The lowest BCUT2D eigenvalue weighted by atomic mass is 10.0. The molecule has 3 aromatic rings. The zero-order valence-electron chi connectivity index (χ0n) is 16.1. The van der Waals surface area contributed by atoms with E-state index in [1.807, 2.05) is 6.07 Å². The first-order chi connectivity index (χ1) is 13.3. The Hall–Kier alpha value is -2.84. The van der Waals surface area contributed by atoms with Crippen molar-refractivity contribution >= 4 is 16.7 Å². The molecule has 2 N–H and O–H groups in total. The SMILES string of the molecule is Cn1cnc2cc(-c3ccc(C(C)(C)O)nc3)nc(N[C@H]3CCOC3)c2c1=O. The van der Waals surface area contributed by atoms with Crippen LogP contribution in [-0.2, 0) is 17.4 Å². The minimum absolute atomic E-state index is 0.103. The monoisotopic (exact) mass is 381 g/mol. The molecular formula is C20H23N5O3. The first-order valence-corrected chi connectivity index (χ1v) is 9.23. The Balaban J connectivity index is 1.83. The molecule has 4 rings (SSSR count). The van der Waals surface area contributed by atoms with Gasteiger partial charge in [0.2, 0.25) is 0 Å². The number of aliphatic hydroxyl groups is 1. The van der Waals surface area contributed by atoms with Gasteiger partial charge in [0, 0.05) is 25.4 Å². The third-order valence-electron chi connectivity index (χ3n) is 4.86. The summed E-state index contributed by atoms with van der Waals surface area (Å²) in [5.41, 5.74) is 1.42. The van der Waals surface area contributed by atoms with Crippen molar-refractivity contribution in [2.75, 3.05) is 18.5 Å². The topological polar surface area (TPSA) is 102 Å². The number of anilines is 1. The minimum atomic E-state index is -1.02. The van der Waals surface area contributed by atoms with Crippen molar-refractivity contribution in [3.8, 4) is 11.3 Å². The van der Waals surface area contributed by atoms with Gasteiger partial charge in [-0.15, -0.1) is 0 Å². The first-order valence-electron chi connectivity index (χ1n) is 9.23. The molecule has 3 aromatic heterocycles. The van der Waals surface area contributed by atoms with Gasteiger partial charge in [0.1, 0.15) is 16.8 Å². The quantitative estimate of drug-likeness (QED) is 0.711. The number of rotatable bonds is 4. The van der Waals surface area contributed by atoms with Gasteiger partial charge in [-0.2, -0.15) is 0 Å². The molecule has 4 heterocycles. The van der Waals surface area contributed by atoms with Crippen LogP contribution in [0.4, 0.5) is 5.82 Å². The molecule has 1 fully saturated rings. The second-order valence-corrected chi connectivity index (χ2v) is 7.61. The fraction of sp³-hybridized carbons (Fsp3) is 0.400. The highest BCUT2D eigenvalue weighted by molar-refractivity contribution is 5.91. The fourth-order valence-corrected chi connectivity index (χ4v) is 3.22. The molecule has 1 saturated heterocycles. The molecule has 8 nitrogen and oxygen atoms in total. The highest BCUT2D eigenvalue weighted by Crippen LogP contribution is 2.27. The predicted molar refractivity (Wildman–Crippen MR) is 106 cm³/mol. The summed E-state index contributed by atoms with van der Waals surface area (Å²) in [6.07, 6.45) is 4.04. The Labute approximate surface area is 162 Å². The van der Waals surface area contributed by atoms with E-state index in [-0.39, 0.29) is 11.6 Å². The second-order valence-electron chi connectivity index (χ2n) is 7.61. The molecule has 0 aliphatic carbocycles. The summed E-state index contributed by atoms with van der Waals surface area (Å²) < 4.78 is 6.88. The van der Waals surface area contributed by atoms with E-state index < -0.39 is 5.60 Å². The molecule has 146 valence electrons. The second kappa shape index (κ2) is 6.96. The summed E-state index contributed by atoms with van der Waals surface area (Å²) in [6, 6.07) is 5.52. The van der Waals surface area contributed by atoms with Gasteiger partial charge in [-0.1, -0.05) is 0 Å². The van der Waals surface area contributed by atoms with Crippen LogP contribution in [0.25, 0.3) is 22.2 Å². The molecule has 1 aliphatic heterocycles. The van der Waals surface area contributed by atoms with Crippen LogP contribution < -0.4 is 10.9 Å². The smallest absolute Gasteiger partial charge is 0.264 e. The molecule has 0 saturated carbocycles. The summed E-state index contributed by atoms with van der Waals surface area (Å²) in [7, 11) is 1.67. The van der Waals surface area contributed by atoms with Gasteiger partial charge in [-0.3, -0.25) is 9.78 Å². The maximum Gasteiger partial charge on any atom is 0.264 e. The van der Waals surface area contributed by atoms with E-state index in [4.69, 9.17) is 9.72 Å². The Morgan fingerprint density at radius 3 is 2.79 bits per heavy atom. The maximum absolute atomic E-state index is 12.7. The number of hydrogen-bond acceptors (Lipinski definition) is 7. The van der Waals surface area contributed by atoms with Gasteiger partial charge in [0.15, 0.2) is 0 Å². The van der Waals surface area contributed by atoms with Crippen LogP contribution in [0.15, 0.2) is 35.5 Å². The van der Waals surface area contributed by atoms with Gasteiger partial charge in [-0.25, -0.2) is 9.97 Å². The highest BCUT2D eigenvalue weighted by atomic mass is 16.5. The Kier molecular flexibility index (Phi) is 4.60. The molecule has 1 aliphatic rings. The summed E-state index contributed by atoms with van der Waals surface area (Å²) in [6.45, 7) is 4.65. The fourth-order valence-electron chi connectivity index (χ4n) is 3.22. The molecule has 8 heteroatoms. The lowest BCUT2D eigenvalue weighted by Crippen LogP contribution is -2.24. The summed E-state index contributed by atoms with van der Waals surface area (Å²) in [4.78, 5) is 26.2. The first kappa shape index (κ1) is 18.5. The molecular weight excluding hydrogens is 358 g/mol. The number of nitrogens with one attached hydrogen (secondary N) is 1. The average molecular weight is 381 g/mol. The Morgan fingerprint density at radius 2 is 2.14 bits per heavy atom. The summed E-state index contributed by atoms with van der Waals surface area (Å²) in [5, 5.41) is 13.9. The lowest BCUT2D eigenvalue weighted by Gasteiger charge is -2.17. The number of pyridine rings is 2. The molecule has 28 heavy (non-hydrogen) atoms. The van der Waals surface area contributed by atoms with Gasteiger partial charge in [0.25, 0.3) is 5.56 Å². The maximum atomic E-state index is 12.7. The zero-order valence-corrected chi connectivity index (χ0v) is 16.1. The van der Waals surface area contributed by atoms with E-state index in [1.54, 1.807) is 39.2 Å². The van der Waals surface area contributed by atoms with Crippen LogP contribution in [0.3, 0.4) is 0 Å². The highest BCUT2D eigenvalue weighted by Gasteiger charge is 2.21. The molecule has 0 radical (unpaired) electrons. The van der Waals surface area contributed by atoms with Crippen molar-refractivity contribution in [1.82, 2.24) is 19.5 Å². The van der Waals surface area contributed by atoms with Crippen LogP contribution >= 0.6 is 0 Å². The number of aryl methyl sites for hydroxylation is 1. The Bertz CT molecular complexity index is 1060. The summed E-state index contributed by atoms with van der Waals surface area (Å²) in [5.74, 6) is 0.503. The number of aromatic nitrogens is 4. The van der Waals surface area contributed by atoms with Crippen molar-refractivity contribution in [1.29, 1.82) is 0 Å². The minimum Gasteiger partial charge on any atom is -0.384 e. The van der Waals surface area contributed by atoms with Crippen molar-refractivity contribution in [2.24, 2.45) is 7.05 Å². The van der Waals surface area contributed by atoms with Crippen LogP contribution in [0.2, 0.25) is 0 Å². The van der Waals surface area contributed by atoms with Crippen LogP contribution in [-0.4, -0.2) is 43.9 Å². The molecule has 0 aromatic carbocycles. The van der Waals surface area contributed by atoms with Gasteiger partial charge < -0.3 is 19.7 Å². The van der Waals surface area contributed by atoms with E-state index in [2.05, 4.69) is 15.3 Å². The van der Waals surface area contributed by atoms with Crippen molar-refractivity contribution in [2.45, 2.75) is 31.9 Å². The van der Waals surface area contributed by atoms with Gasteiger partial charge >= 0.3 is 0 Å². The number of hydrogen-bond donors (Lipinski definition) is 2. The van der Waals surface area contributed by atoms with Crippen molar-refractivity contribution in [3.05, 3.63) is 46.8 Å². The third kappa shape index (κ3) is 3.48. The average Bonchev–Trinajstić information content (AvgIpc) is 3.17. The summed E-state index contributed by atoms with van der Waals surface area (Å²) >= 11 is 0. The Morgan fingerprint density at radius 1 is 1.32 bits per heavy atom.